The number of halogens is 1. The van der Waals surface area contributed by atoms with Crippen molar-refractivity contribution >= 4 is 5.69 Å². The zero-order valence-electron chi connectivity index (χ0n) is 13.5. The van der Waals surface area contributed by atoms with Gasteiger partial charge < -0.3 is 10.2 Å². The summed E-state index contributed by atoms with van der Waals surface area (Å²) in [5, 5.41) is 3.82. The maximum atomic E-state index is 13.8. The van der Waals surface area contributed by atoms with Gasteiger partial charge in [-0.1, -0.05) is 26.7 Å². The van der Waals surface area contributed by atoms with Crippen LogP contribution in [0.4, 0.5) is 10.1 Å². The average Bonchev–Trinajstić information content (AvgIpc) is 2.85. The molecule has 21 heavy (non-hydrogen) atoms. The summed E-state index contributed by atoms with van der Waals surface area (Å²) in [5.41, 5.74) is 2.32. The lowest BCUT2D eigenvalue weighted by atomic mass is 9.88. The third kappa shape index (κ3) is 2.94. The van der Waals surface area contributed by atoms with Gasteiger partial charge in [0.1, 0.15) is 5.82 Å². The summed E-state index contributed by atoms with van der Waals surface area (Å²) >= 11 is 0. The molecule has 1 aromatic rings. The highest BCUT2D eigenvalue weighted by Crippen LogP contribution is 2.36. The minimum absolute atomic E-state index is 0.119. The van der Waals surface area contributed by atoms with Crippen molar-refractivity contribution in [1.29, 1.82) is 0 Å². The van der Waals surface area contributed by atoms with Gasteiger partial charge in [0.2, 0.25) is 0 Å². The third-order valence-electron chi connectivity index (χ3n) is 5.25. The summed E-state index contributed by atoms with van der Waals surface area (Å²) in [4.78, 5) is 2.46. The predicted octanol–water partition coefficient (Wildman–Crippen LogP) is 3.88. The zero-order valence-corrected chi connectivity index (χ0v) is 13.5. The van der Waals surface area contributed by atoms with Gasteiger partial charge in [0.25, 0.3) is 0 Å². The number of hydrogen-bond donors (Lipinski definition) is 1. The zero-order chi connectivity index (χ0) is 15.0. The summed E-state index contributed by atoms with van der Waals surface area (Å²) in [5.74, 6) is 0.436. The van der Waals surface area contributed by atoms with E-state index in [1.54, 1.807) is 12.1 Å². The van der Waals surface area contributed by atoms with Crippen LogP contribution >= 0.6 is 0 Å². The van der Waals surface area contributed by atoms with Crippen molar-refractivity contribution in [3.8, 4) is 0 Å². The first-order valence-electron chi connectivity index (χ1n) is 8.28. The highest BCUT2D eigenvalue weighted by atomic mass is 19.1. The molecule has 116 valence electrons. The first kappa shape index (κ1) is 14.8. The normalized spacial score (nSPS) is 25.0. The average molecular weight is 290 g/mol. The SMILES string of the molecule is Cc1cc(F)cc(N2CC3(CCCC3)NCC2C(C)C)c1. The second-order valence-electron chi connectivity index (χ2n) is 7.29. The second-order valence-corrected chi connectivity index (χ2v) is 7.29. The molecule has 1 spiro atoms. The van der Waals surface area contributed by atoms with Gasteiger partial charge in [-0.05, 0) is 49.4 Å². The Hall–Kier alpha value is -1.09. The fourth-order valence-electron chi connectivity index (χ4n) is 4.08. The molecule has 3 heteroatoms. The Morgan fingerprint density at radius 1 is 1.24 bits per heavy atom. The predicted molar refractivity (Wildman–Crippen MR) is 86.3 cm³/mol. The molecule has 1 atom stereocenters. The number of anilines is 1. The number of hydrogen-bond acceptors (Lipinski definition) is 2. The van der Waals surface area contributed by atoms with Crippen LogP contribution in [0.1, 0.15) is 45.1 Å². The highest BCUT2D eigenvalue weighted by Gasteiger charge is 2.41. The number of benzene rings is 1. The van der Waals surface area contributed by atoms with Crippen LogP contribution in [0.15, 0.2) is 18.2 Å². The van der Waals surface area contributed by atoms with Gasteiger partial charge in [-0.15, -0.1) is 0 Å². The molecule has 1 unspecified atom stereocenters. The molecule has 0 amide bonds. The molecule has 1 aromatic carbocycles. The van der Waals surface area contributed by atoms with Crippen LogP contribution in [0.3, 0.4) is 0 Å². The molecule has 1 aliphatic heterocycles. The van der Waals surface area contributed by atoms with Crippen LogP contribution in [0.2, 0.25) is 0 Å². The Labute approximate surface area is 127 Å². The van der Waals surface area contributed by atoms with Crippen molar-refractivity contribution in [2.75, 3.05) is 18.0 Å². The van der Waals surface area contributed by atoms with Crippen molar-refractivity contribution in [1.82, 2.24) is 5.32 Å². The van der Waals surface area contributed by atoms with E-state index in [-0.39, 0.29) is 11.4 Å². The van der Waals surface area contributed by atoms with E-state index >= 15 is 0 Å². The first-order chi connectivity index (χ1) is 9.99. The number of nitrogens with one attached hydrogen (secondary N) is 1. The van der Waals surface area contributed by atoms with Gasteiger partial charge in [-0.25, -0.2) is 4.39 Å². The van der Waals surface area contributed by atoms with Crippen LogP contribution in [0.5, 0.6) is 0 Å². The molecule has 2 nitrogen and oxygen atoms in total. The molecule has 0 aromatic heterocycles. The smallest absolute Gasteiger partial charge is 0.125 e. The lowest BCUT2D eigenvalue weighted by Gasteiger charge is -2.49. The maximum Gasteiger partial charge on any atom is 0.125 e. The van der Waals surface area contributed by atoms with Crippen molar-refractivity contribution in [2.45, 2.75) is 58.0 Å². The molecule has 2 fully saturated rings. The number of aryl methyl sites for hydroxylation is 1. The van der Waals surface area contributed by atoms with Crippen molar-refractivity contribution in [3.05, 3.63) is 29.6 Å². The Morgan fingerprint density at radius 3 is 2.57 bits per heavy atom. The van der Waals surface area contributed by atoms with Gasteiger partial charge in [0.05, 0.1) is 0 Å². The molecule has 0 bridgehead atoms. The van der Waals surface area contributed by atoms with E-state index in [0.717, 1.165) is 24.3 Å². The van der Waals surface area contributed by atoms with E-state index in [9.17, 15) is 4.39 Å². The summed E-state index contributed by atoms with van der Waals surface area (Å²) in [6.07, 6.45) is 5.13. The van der Waals surface area contributed by atoms with Crippen LogP contribution in [0.25, 0.3) is 0 Å². The van der Waals surface area contributed by atoms with Crippen molar-refractivity contribution < 1.29 is 4.39 Å². The molecule has 1 N–H and O–H groups in total. The standard InChI is InChI=1S/C18H27FN2/c1-13(2)17-11-20-18(6-4-5-7-18)12-21(17)16-9-14(3)8-15(19)10-16/h8-10,13,17,20H,4-7,11-12H2,1-3H3. The molecule has 1 saturated carbocycles. The monoisotopic (exact) mass is 290 g/mol. The molecule has 1 heterocycles. The molecule has 1 saturated heterocycles. The lowest BCUT2D eigenvalue weighted by Crippen LogP contribution is -2.64. The largest absolute Gasteiger partial charge is 0.365 e. The number of rotatable bonds is 2. The fraction of sp³-hybridized carbons (Fsp3) is 0.667. The van der Waals surface area contributed by atoms with E-state index < -0.39 is 0 Å². The molecular weight excluding hydrogens is 263 g/mol. The van der Waals surface area contributed by atoms with E-state index in [0.29, 0.717) is 12.0 Å². The molecule has 0 radical (unpaired) electrons. The first-order valence-corrected chi connectivity index (χ1v) is 8.28. The van der Waals surface area contributed by atoms with E-state index in [4.69, 9.17) is 0 Å². The number of nitrogens with zero attached hydrogens (tertiary/aromatic N) is 1. The van der Waals surface area contributed by atoms with Gasteiger partial charge in [-0.3, -0.25) is 0 Å². The fourth-order valence-corrected chi connectivity index (χ4v) is 4.08. The summed E-state index contributed by atoms with van der Waals surface area (Å²) < 4.78 is 13.8. The summed E-state index contributed by atoms with van der Waals surface area (Å²) in [6, 6.07) is 5.89. The Bertz CT molecular complexity index is 486. The van der Waals surface area contributed by atoms with Gasteiger partial charge >= 0.3 is 0 Å². The lowest BCUT2D eigenvalue weighted by molar-refractivity contribution is 0.245. The Balaban J connectivity index is 1.93. The minimum Gasteiger partial charge on any atom is -0.365 e. The van der Waals surface area contributed by atoms with Gasteiger partial charge in [0, 0.05) is 30.4 Å². The van der Waals surface area contributed by atoms with Crippen LogP contribution in [-0.2, 0) is 0 Å². The summed E-state index contributed by atoms with van der Waals surface area (Å²) in [7, 11) is 0. The van der Waals surface area contributed by atoms with Gasteiger partial charge in [0.15, 0.2) is 0 Å². The highest BCUT2D eigenvalue weighted by molar-refractivity contribution is 5.51. The van der Waals surface area contributed by atoms with Crippen LogP contribution in [-0.4, -0.2) is 24.7 Å². The Kier molecular flexibility index (Phi) is 3.96. The van der Waals surface area contributed by atoms with Crippen molar-refractivity contribution in [3.63, 3.8) is 0 Å². The Morgan fingerprint density at radius 2 is 1.95 bits per heavy atom. The third-order valence-corrected chi connectivity index (χ3v) is 5.25. The van der Waals surface area contributed by atoms with Gasteiger partial charge in [-0.2, -0.15) is 0 Å². The second kappa shape index (κ2) is 5.60. The quantitative estimate of drug-likeness (QED) is 0.889. The number of piperazine rings is 1. The maximum absolute atomic E-state index is 13.8. The molecule has 1 aliphatic carbocycles. The van der Waals surface area contributed by atoms with E-state index in [1.807, 2.05) is 6.92 Å². The molecular formula is C18H27FN2. The van der Waals surface area contributed by atoms with E-state index in [1.165, 1.54) is 25.7 Å². The minimum atomic E-state index is -0.119. The molecule has 3 rings (SSSR count). The van der Waals surface area contributed by atoms with Crippen LogP contribution in [0, 0.1) is 18.7 Å². The molecule has 2 aliphatic rings. The van der Waals surface area contributed by atoms with E-state index in [2.05, 4.69) is 30.1 Å². The topological polar surface area (TPSA) is 15.3 Å². The van der Waals surface area contributed by atoms with Crippen LogP contribution < -0.4 is 10.2 Å². The van der Waals surface area contributed by atoms with Crippen molar-refractivity contribution in [2.24, 2.45) is 5.92 Å². The summed E-state index contributed by atoms with van der Waals surface area (Å²) in [6.45, 7) is 8.52.